The molecule has 2 aliphatic carbocycles. The lowest BCUT2D eigenvalue weighted by Gasteiger charge is -2.25. The molecule has 0 bridgehead atoms. The van der Waals surface area contributed by atoms with Gasteiger partial charge in [-0.05, 0) is 59.8 Å². The van der Waals surface area contributed by atoms with E-state index in [0.717, 1.165) is 38.5 Å². The van der Waals surface area contributed by atoms with Crippen LogP contribution in [0.15, 0.2) is 48.5 Å². The van der Waals surface area contributed by atoms with Crippen LogP contribution < -0.4 is 5.32 Å². The summed E-state index contributed by atoms with van der Waals surface area (Å²) < 4.78 is 10.9. The molecule has 36 heavy (non-hydrogen) atoms. The Bertz CT molecular complexity index is 1030. The third-order valence-corrected chi connectivity index (χ3v) is 7.41. The minimum Gasteiger partial charge on any atom is -0.481 e. The quantitative estimate of drug-likeness (QED) is 0.292. The maximum absolute atomic E-state index is 12.2. The number of alkyl carbamates (subject to hydrolysis) is 1. The molecule has 2 aromatic rings. The summed E-state index contributed by atoms with van der Waals surface area (Å²) in [6.07, 6.45) is 5.53. The molecular formula is C29H35NO6. The van der Waals surface area contributed by atoms with Gasteiger partial charge in [-0.25, -0.2) is 4.79 Å². The maximum Gasteiger partial charge on any atom is 0.407 e. The monoisotopic (exact) mass is 493 g/mol. The number of benzene rings is 2. The van der Waals surface area contributed by atoms with Crippen molar-refractivity contribution in [1.29, 1.82) is 0 Å². The van der Waals surface area contributed by atoms with E-state index in [1.54, 1.807) is 0 Å². The fourth-order valence-corrected chi connectivity index (χ4v) is 5.65. The van der Waals surface area contributed by atoms with Crippen LogP contribution in [0, 0.1) is 5.41 Å². The lowest BCUT2D eigenvalue weighted by Crippen LogP contribution is -2.27. The summed E-state index contributed by atoms with van der Waals surface area (Å²) in [7, 11) is 0. The van der Waals surface area contributed by atoms with Gasteiger partial charge in [0.15, 0.2) is 0 Å². The van der Waals surface area contributed by atoms with E-state index in [-0.39, 0.29) is 24.7 Å². The molecule has 2 aromatic carbocycles. The van der Waals surface area contributed by atoms with Crippen LogP contribution in [-0.4, -0.2) is 42.9 Å². The number of nitrogens with one attached hydrogen (secondary N) is 1. The molecule has 1 fully saturated rings. The summed E-state index contributed by atoms with van der Waals surface area (Å²) in [6.45, 7) is 1.10. The van der Waals surface area contributed by atoms with Crippen LogP contribution >= 0.6 is 0 Å². The van der Waals surface area contributed by atoms with Crippen molar-refractivity contribution in [3.8, 4) is 11.1 Å². The summed E-state index contributed by atoms with van der Waals surface area (Å²) in [4.78, 5) is 35.6. The Labute approximate surface area is 212 Å². The molecular weight excluding hydrogens is 458 g/mol. The molecule has 7 nitrogen and oxygen atoms in total. The Kier molecular flexibility index (Phi) is 8.62. The number of aliphatic carboxylic acids is 1. The minimum absolute atomic E-state index is 0.0314. The fourth-order valence-electron chi connectivity index (χ4n) is 5.65. The second kappa shape index (κ2) is 12.1. The van der Waals surface area contributed by atoms with Gasteiger partial charge in [0.05, 0.1) is 19.4 Å². The molecule has 1 saturated carbocycles. The molecule has 0 saturated heterocycles. The van der Waals surface area contributed by atoms with Gasteiger partial charge in [-0.15, -0.1) is 0 Å². The van der Waals surface area contributed by atoms with Gasteiger partial charge in [0.2, 0.25) is 0 Å². The number of carbonyl (C=O) groups excluding carboxylic acids is 2. The summed E-state index contributed by atoms with van der Waals surface area (Å²) >= 11 is 0. The molecule has 7 heteroatoms. The summed E-state index contributed by atoms with van der Waals surface area (Å²) in [5.41, 5.74) is 4.33. The molecule has 2 aliphatic rings. The third kappa shape index (κ3) is 6.45. The average Bonchev–Trinajstić information content (AvgIpc) is 3.44. The van der Waals surface area contributed by atoms with Crippen LogP contribution in [0.1, 0.15) is 74.8 Å². The van der Waals surface area contributed by atoms with Crippen LogP contribution in [-0.2, 0) is 19.1 Å². The summed E-state index contributed by atoms with van der Waals surface area (Å²) in [6, 6.07) is 16.5. The first-order valence-electron chi connectivity index (χ1n) is 12.9. The van der Waals surface area contributed by atoms with Crippen molar-refractivity contribution >= 4 is 18.0 Å². The number of amides is 1. The number of hydrogen-bond donors (Lipinski definition) is 2. The van der Waals surface area contributed by atoms with Gasteiger partial charge in [-0.1, -0.05) is 61.4 Å². The Morgan fingerprint density at radius 2 is 1.50 bits per heavy atom. The van der Waals surface area contributed by atoms with E-state index in [0.29, 0.717) is 26.2 Å². The van der Waals surface area contributed by atoms with Crippen molar-refractivity contribution in [2.75, 3.05) is 19.8 Å². The highest BCUT2D eigenvalue weighted by Gasteiger charge is 2.38. The Balaban J connectivity index is 1.10. The molecule has 0 heterocycles. The standard InChI is InChI=1S/C29H35NO6/c31-26(32)18-29(14-6-7-15-29)19-27(33)35-17-9-1-8-16-30-28(34)36-20-25-23-12-4-2-10-21(23)22-11-3-5-13-24(22)25/h2-5,10-13,25H,1,6-9,14-20H2,(H,30,34)(H,31,32). The molecule has 0 spiro atoms. The first kappa shape index (κ1) is 25.7. The highest BCUT2D eigenvalue weighted by molar-refractivity contribution is 5.79. The van der Waals surface area contributed by atoms with Gasteiger partial charge >= 0.3 is 18.0 Å². The normalized spacial score (nSPS) is 15.7. The largest absolute Gasteiger partial charge is 0.481 e. The maximum atomic E-state index is 12.2. The molecule has 192 valence electrons. The third-order valence-electron chi connectivity index (χ3n) is 7.41. The first-order chi connectivity index (χ1) is 17.5. The smallest absolute Gasteiger partial charge is 0.407 e. The van der Waals surface area contributed by atoms with Gasteiger partial charge in [0.1, 0.15) is 6.61 Å². The highest BCUT2D eigenvalue weighted by Crippen LogP contribution is 2.45. The summed E-state index contributed by atoms with van der Waals surface area (Å²) in [5.74, 6) is -1.12. The zero-order valence-corrected chi connectivity index (χ0v) is 20.7. The number of carboxylic acids is 1. The second-order valence-corrected chi connectivity index (χ2v) is 9.99. The predicted octanol–water partition coefficient (Wildman–Crippen LogP) is 5.66. The van der Waals surface area contributed by atoms with Crippen molar-refractivity contribution < 1.29 is 29.0 Å². The first-order valence-corrected chi connectivity index (χ1v) is 12.9. The molecule has 0 atom stereocenters. The molecule has 0 aromatic heterocycles. The molecule has 4 rings (SSSR count). The number of fused-ring (bicyclic) bond motifs is 3. The lowest BCUT2D eigenvalue weighted by atomic mass is 9.79. The van der Waals surface area contributed by atoms with Gasteiger partial charge < -0.3 is 19.9 Å². The Hall–Kier alpha value is -3.35. The van der Waals surface area contributed by atoms with Crippen molar-refractivity contribution in [2.24, 2.45) is 5.41 Å². The number of carbonyl (C=O) groups is 3. The van der Waals surface area contributed by atoms with Crippen molar-refractivity contribution in [3.05, 3.63) is 59.7 Å². The number of ether oxygens (including phenoxy) is 2. The van der Waals surface area contributed by atoms with Gasteiger partial charge in [0, 0.05) is 12.5 Å². The van der Waals surface area contributed by atoms with Gasteiger partial charge in [0.25, 0.3) is 0 Å². The minimum atomic E-state index is -0.853. The Morgan fingerprint density at radius 1 is 0.861 bits per heavy atom. The van der Waals surface area contributed by atoms with Crippen molar-refractivity contribution in [1.82, 2.24) is 5.32 Å². The predicted molar refractivity (Wildman–Crippen MR) is 136 cm³/mol. The van der Waals surface area contributed by atoms with Crippen LogP contribution in [0.5, 0.6) is 0 Å². The van der Waals surface area contributed by atoms with E-state index < -0.39 is 17.5 Å². The second-order valence-electron chi connectivity index (χ2n) is 9.99. The number of carboxylic acid groups (broad SMARTS) is 1. The molecule has 0 unspecified atom stereocenters. The van der Waals surface area contributed by atoms with Crippen LogP contribution in [0.4, 0.5) is 4.79 Å². The number of unbranched alkanes of at least 4 members (excludes halogenated alkanes) is 2. The Morgan fingerprint density at radius 3 is 2.14 bits per heavy atom. The SMILES string of the molecule is O=C(O)CC1(CC(=O)OCCCCCNC(=O)OCC2c3ccccc3-c3ccccc32)CCCC1. The number of hydrogen-bond acceptors (Lipinski definition) is 5. The van der Waals surface area contributed by atoms with E-state index in [1.165, 1.54) is 22.3 Å². The lowest BCUT2D eigenvalue weighted by molar-refractivity contribution is -0.148. The molecule has 0 radical (unpaired) electrons. The van der Waals surface area contributed by atoms with E-state index in [9.17, 15) is 14.4 Å². The zero-order valence-electron chi connectivity index (χ0n) is 20.7. The highest BCUT2D eigenvalue weighted by atomic mass is 16.5. The average molecular weight is 494 g/mol. The van der Waals surface area contributed by atoms with Crippen LogP contribution in [0.2, 0.25) is 0 Å². The van der Waals surface area contributed by atoms with Crippen LogP contribution in [0.25, 0.3) is 11.1 Å². The zero-order chi connectivity index (χ0) is 25.4. The molecule has 1 amide bonds. The fraction of sp³-hybridized carbons (Fsp3) is 0.483. The molecule has 0 aliphatic heterocycles. The van der Waals surface area contributed by atoms with Gasteiger partial charge in [-0.3, -0.25) is 9.59 Å². The van der Waals surface area contributed by atoms with E-state index >= 15 is 0 Å². The van der Waals surface area contributed by atoms with E-state index in [2.05, 4.69) is 29.6 Å². The van der Waals surface area contributed by atoms with E-state index in [1.807, 2.05) is 24.3 Å². The molecule has 2 N–H and O–H groups in total. The van der Waals surface area contributed by atoms with Crippen molar-refractivity contribution in [2.45, 2.75) is 63.7 Å². The van der Waals surface area contributed by atoms with Crippen LogP contribution in [0.3, 0.4) is 0 Å². The van der Waals surface area contributed by atoms with Crippen molar-refractivity contribution in [3.63, 3.8) is 0 Å². The van der Waals surface area contributed by atoms with E-state index in [4.69, 9.17) is 14.6 Å². The number of rotatable bonds is 12. The summed E-state index contributed by atoms with van der Waals surface area (Å²) in [5, 5.41) is 12.0. The number of esters is 1. The topological polar surface area (TPSA) is 102 Å². The van der Waals surface area contributed by atoms with Gasteiger partial charge in [-0.2, -0.15) is 0 Å².